The summed E-state index contributed by atoms with van der Waals surface area (Å²) in [7, 11) is 0. The van der Waals surface area contributed by atoms with E-state index >= 15 is 4.79 Å². The van der Waals surface area contributed by atoms with Gasteiger partial charge in [-0.2, -0.15) is 0 Å². The van der Waals surface area contributed by atoms with E-state index in [1.807, 2.05) is 0 Å². The third-order valence-electron chi connectivity index (χ3n) is 19.2. The molecule has 0 radical (unpaired) electrons. The number of ether oxygens (including phenoxy) is 11. The first-order valence-electron chi connectivity index (χ1n) is 27.1. The number of carbonyl (C=O) groups is 8. The van der Waals surface area contributed by atoms with Gasteiger partial charge in [-0.05, 0) is 103 Å². The van der Waals surface area contributed by atoms with Gasteiger partial charge in [0.15, 0.2) is 30.7 Å². The minimum atomic E-state index is -1.92. The summed E-state index contributed by atoms with van der Waals surface area (Å²) in [6.07, 6.45) is -11.1. The second kappa shape index (κ2) is 22.1. The number of rotatable bonds is 13. The molecule has 0 bridgehead atoms. The summed E-state index contributed by atoms with van der Waals surface area (Å²) in [6, 6.07) is 0. The Morgan fingerprint density at radius 2 is 1.03 bits per heavy atom. The first-order valence-corrected chi connectivity index (χ1v) is 27.1. The van der Waals surface area contributed by atoms with Crippen LogP contribution in [0.1, 0.15) is 155 Å². The first-order chi connectivity index (χ1) is 35.7. The fourth-order valence-electron chi connectivity index (χ4n) is 15.5. The third kappa shape index (κ3) is 11.3. The lowest BCUT2D eigenvalue weighted by Gasteiger charge is -2.71. The second-order valence-electron chi connectivity index (χ2n) is 24.9. The Kier molecular flexibility index (Phi) is 17.2. The average Bonchev–Trinajstić information content (AvgIpc) is 3.38. The number of fused-ring (bicyclic) bond motifs is 7. The van der Waals surface area contributed by atoms with E-state index in [9.17, 15) is 43.8 Å². The van der Waals surface area contributed by atoms with Crippen molar-refractivity contribution in [3.05, 3.63) is 11.6 Å². The van der Waals surface area contributed by atoms with Gasteiger partial charge in [0.05, 0.1) is 12.2 Å². The van der Waals surface area contributed by atoms with Crippen molar-refractivity contribution in [3.8, 4) is 0 Å². The van der Waals surface area contributed by atoms with Crippen LogP contribution in [0.2, 0.25) is 0 Å². The number of aliphatic hydroxyl groups excluding tert-OH is 2. The summed E-state index contributed by atoms with van der Waals surface area (Å²) < 4.78 is 64.9. The molecular formula is C56H82O21. The summed E-state index contributed by atoms with van der Waals surface area (Å²) >= 11 is 0. The van der Waals surface area contributed by atoms with Crippen LogP contribution in [0.5, 0.6) is 0 Å². The highest BCUT2D eigenvalue weighted by Gasteiger charge is 2.72. The Bertz CT molecular complexity index is 2340. The molecule has 4 saturated carbocycles. The lowest BCUT2D eigenvalue weighted by atomic mass is 9.33. The van der Waals surface area contributed by atoms with Crippen molar-refractivity contribution in [2.75, 3.05) is 13.2 Å². The monoisotopic (exact) mass is 1090 g/mol. The molecule has 2 N–H and O–H groups in total. The summed E-state index contributed by atoms with van der Waals surface area (Å²) in [4.78, 5) is 105. The molecule has 2 heterocycles. The molecule has 2 aliphatic heterocycles. The van der Waals surface area contributed by atoms with Gasteiger partial charge >= 0.3 is 47.8 Å². The van der Waals surface area contributed by atoms with Gasteiger partial charge in [0.2, 0.25) is 12.4 Å². The molecule has 0 aromatic heterocycles. The van der Waals surface area contributed by atoms with Crippen molar-refractivity contribution in [3.63, 3.8) is 0 Å². The molecule has 5 aliphatic carbocycles. The third-order valence-corrected chi connectivity index (χ3v) is 19.2. The highest BCUT2D eigenvalue weighted by Crippen LogP contribution is 2.76. The maximum Gasteiger partial charge on any atom is 0.317 e. The van der Waals surface area contributed by atoms with Gasteiger partial charge in [-0.1, -0.05) is 60.1 Å². The van der Waals surface area contributed by atoms with Crippen molar-refractivity contribution < 1.29 is 101 Å². The summed E-state index contributed by atoms with van der Waals surface area (Å²) in [6.45, 7) is 21.8. The van der Waals surface area contributed by atoms with E-state index in [1.165, 1.54) is 0 Å². The molecule has 21 heteroatoms. The van der Waals surface area contributed by atoms with Crippen LogP contribution in [0.25, 0.3) is 0 Å². The van der Waals surface area contributed by atoms with Gasteiger partial charge in [-0.3, -0.25) is 38.4 Å². The smallest absolute Gasteiger partial charge is 0.317 e. The molecule has 0 amide bonds. The van der Waals surface area contributed by atoms with E-state index in [2.05, 4.69) is 54.5 Å². The zero-order valence-electron chi connectivity index (χ0n) is 47.2. The van der Waals surface area contributed by atoms with Crippen molar-refractivity contribution in [1.82, 2.24) is 0 Å². The molecule has 21 nitrogen and oxygen atoms in total. The first kappa shape index (κ1) is 60.0. The molecule has 2 saturated heterocycles. The Hall–Kier alpha value is -4.70. The number of hydrogen-bond donors (Lipinski definition) is 2. The van der Waals surface area contributed by atoms with Crippen molar-refractivity contribution in [2.24, 2.45) is 50.2 Å². The highest BCUT2D eigenvalue weighted by molar-refractivity contribution is 5.80. The number of aliphatic hydroxyl groups is 2. The molecule has 7 rings (SSSR count). The predicted molar refractivity (Wildman–Crippen MR) is 266 cm³/mol. The van der Waals surface area contributed by atoms with Crippen molar-refractivity contribution >= 4 is 47.8 Å². The van der Waals surface area contributed by atoms with E-state index in [0.29, 0.717) is 19.3 Å². The summed E-state index contributed by atoms with van der Waals surface area (Å²) in [5.41, 5.74) is -1.94. The fourth-order valence-corrected chi connectivity index (χ4v) is 15.5. The normalized spacial score (nSPS) is 41.6. The van der Waals surface area contributed by atoms with Gasteiger partial charge in [0.25, 0.3) is 0 Å². The van der Waals surface area contributed by atoms with Crippen LogP contribution >= 0.6 is 0 Å². The van der Waals surface area contributed by atoms with E-state index < -0.39 is 151 Å². The van der Waals surface area contributed by atoms with Crippen molar-refractivity contribution in [1.29, 1.82) is 0 Å². The van der Waals surface area contributed by atoms with Gasteiger partial charge < -0.3 is 62.3 Å². The molecule has 0 spiro atoms. The van der Waals surface area contributed by atoms with E-state index in [4.69, 9.17) is 52.1 Å². The minimum absolute atomic E-state index is 0.0930. The van der Waals surface area contributed by atoms with Crippen LogP contribution in [0, 0.1) is 50.2 Å². The Balaban J connectivity index is 1.29. The summed E-state index contributed by atoms with van der Waals surface area (Å²) in [5.74, 6) is -7.11. The molecule has 0 aromatic rings. The molecule has 0 aromatic carbocycles. The number of allylic oxidation sites excluding steroid dienone is 2. The molecule has 0 unspecified atom stereocenters. The zero-order valence-corrected chi connectivity index (χ0v) is 47.2. The van der Waals surface area contributed by atoms with Gasteiger partial charge in [-0.15, -0.1) is 0 Å². The zero-order chi connectivity index (χ0) is 57.1. The maximum atomic E-state index is 15.7. The Labute approximate surface area is 450 Å². The standard InChI is InChI=1S/C56H82O21/c1-27(57)67-25-36-42(69-29(3)59)44(70-30(4)60)46(72-32(6)62)48(74-36)76-43-37(26-68-28(2)58)75-49(47(73-33(7)63)45(43)71-31(5)61)77-50(66)56-22-21-51(8,9)23-35(56)34-15-16-39-53(12)19-18-40(64)52(10,11)38(53)17-20-54(39,13)55(34,14)24-41(56)65/h15,35-49,64-65H,16-26H2,1-14H3/t35-,36+,37+,38-,39+,40-,41+,42-,43+,44-,45-,46+,47+,48-,49-,53-,54+,55+,56+/m0/s1. The lowest BCUT2D eigenvalue weighted by Crippen LogP contribution is -2.69. The lowest BCUT2D eigenvalue weighted by molar-refractivity contribution is -0.359. The van der Waals surface area contributed by atoms with Crippen LogP contribution < -0.4 is 0 Å². The Morgan fingerprint density at radius 3 is 1.57 bits per heavy atom. The molecule has 432 valence electrons. The number of carbonyl (C=O) groups excluding carboxylic acids is 8. The van der Waals surface area contributed by atoms with E-state index in [0.717, 1.165) is 79.7 Å². The van der Waals surface area contributed by atoms with Gasteiger partial charge in [-0.25, -0.2) is 0 Å². The fraction of sp³-hybridized carbons (Fsp3) is 0.821. The van der Waals surface area contributed by atoms with E-state index in [-0.39, 0.29) is 46.3 Å². The summed E-state index contributed by atoms with van der Waals surface area (Å²) in [5, 5.41) is 24.3. The quantitative estimate of drug-likeness (QED) is 0.135. The largest absolute Gasteiger partial charge is 0.463 e. The molecule has 6 fully saturated rings. The Morgan fingerprint density at radius 1 is 0.532 bits per heavy atom. The van der Waals surface area contributed by atoms with E-state index in [1.54, 1.807) is 0 Å². The van der Waals surface area contributed by atoms with Crippen LogP contribution in [0.3, 0.4) is 0 Å². The number of hydrogen-bond acceptors (Lipinski definition) is 21. The van der Waals surface area contributed by atoms with Gasteiger partial charge in [0.1, 0.15) is 36.9 Å². The maximum absolute atomic E-state index is 15.7. The topological polar surface area (TPSA) is 279 Å². The van der Waals surface area contributed by atoms with Gasteiger partial charge in [0, 0.05) is 48.5 Å². The predicted octanol–water partition coefficient (Wildman–Crippen LogP) is 5.28. The highest BCUT2D eigenvalue weighted by atomic mass is 16.8. The molecule has 77 heavy (non-hydrogen) atoms. The minimum Gasteiger partial charge on any atom is -0.463 e. The van der Waals surface area contributed by atoms with Crippen LogP contribution in [-0.4, -0.2) is 145 Å². The molecule has 19 atom stereocenters. The second-order valence-corrected chi connectivity index (χ2v) is 24.9. The van der Waals surface area contributed by atoms with Crippen LogP contribution in [-0.2, 0) is 90.5 Å². The molecular weight excluding hydrogens is 1010 g/mol. The average molecular weight is 1090 g/mol. The molecule has 7 aliphatic rings. The number of esters is 8. The SMILES string of the molecule is CC(=O)OC[C@H]1O[C@@H](O[C@H]2[C@H](OC(C)=O)[C@@H](OC(C)=O)[C@H](OC(=O)[C@]34CCC(C)(C)C[C@H]3C3=CC[C@@H]5[C@@]6(C)CC[C@H](O)C(C)(C)[C@@H]6CC[C@@]5(C)[C@]3(C)C[C@H]4O)O[C@@H]2COC(C)=O)[C@H](OC(C)=O)[C@@H](OC(C)=O)[C@H]1OC(C)=O. The van der Waals surface area contributed by atoms with Crippen molar-refractivity contribution in [2.45, 2.75) is 228 Å². The van der Waals surface area contributed by atoms with Crippen LogP contribution in [0.15, 0.2) is 11.6 Å². The van der Waals surface area contributed by atoms with Crippen LogP contribution in [0.4, 0.5) is 0 Å².